The second kappa shape index (κ2) is 9.28. The van der Waals surface area contributed by atoms with E-state index < -0.39 is 5.91 Å². The highest BCUT2D eigenvalue weighted by molar-refractivity contribution is 6.04. The fourth-order valence-corrected chi connectivity index (χ4v) is 2.10. The van der Waals surface area contributed by atoms with E-state index in [0.29, 0.717) is 30.1 Å². The molecule has 2 aromatic rings. The van der Waals surface area contributed by atoms with Crippen LogP contribution in [0.2, 0.25) is 0 Å². The van der Waals surface area contributed by atoms with Crippen LogP contribution in [-0.4, -0.2) is 43.0 Å². The van der Waals surface area contributed by atoms with Crippen molar-refractivity contribution in [2.45, 2.75) is 6.92 Å². The van der Waals surface area contributed by atoms with Crippen LogP contribution in [0, 0.1) is 0 Å². The molecule has 0 saturated heterocycles. The molecule has 136 valence electrons. The summed E-state index contributed by atoms with van der Waals surface area (Å²) in [5, 5.41) is 8.01. The Kier molecular flexibility index (Phi) is 6.81. The SMILES string of the molecule is COCCNC(=O)c1ccnc(C(=O)Nc2ccc(NC(C)=O)cc2)c1. The lowest BCUT2D eigenvalue weighted by Gasteiger charge is -2.08. The fourth-order valence-electron chi connectivity index (χ4n) is 2.10. The van der Waals surface area contributed by atoms with Gasteiger partial charge in [-0.15, -0.1) is 0 Å². The molecule has 8 nitrogen and oxygen atoms in total. The summed E-state index contributed by atoms with van der Waals surface area (Å²) in [6.07, 6.45) is 1.40. The van der Waals surface area contributed by atoms with E-state index in [2.05, 4.69) is 20.9 Å². The molecular weight excluding hydrogens is 336 g/mol. The van der Waals surface area contributed by atoms with Crippen LogP contribution in [0.5, 0.6) is 0 Å². The summed E-state index contributed by atoms with van der Waals surface area (Å²) in [5.41, 5.74) is 1.63. The van der Waals surface area contributed by atoms with Crippen LogP contribution >= 0.6 is 0 Å². The highest BCUT2D eigenvalue weighted by Gasteiger charge is 2.12. The first-order valence-electron chi connectivity index (χ1n) is 7.92. The van der Waals surface area contributed by atoms with Gasteiger partial charge in [-0.3, -0.25) is 19.4 Å². The number of methoxy groups -OCH3 is 1. The first-order chi connectivity index (χ1) is 12.5. The topological polar surface area (TPSA) is 109 Å². The molecule has 0 atom stereocenters. The molecule has 0 spiro atoms. The molecule has 26 heavy (non-hydrogen) atoms. The van der Waals surface area contributed by atoms with E-state index in [1.54, 1.807) is 31.4 Å². The highest BCUT2D eigenvalue weighted by atomic mass is 16.5. The molecule has 1 aromatic carbocycles. The average molecular weight is 356 g/mol. The predicted molar refractivity (Wildman–Crippen MR) is 97.1 cm³/mol. The molecule has 1 aromatic heterocycles. The molecule has 8 heteroatoms. The number of carbonyl (C=O) groups is 3. The number of ether oxygens (including phenoxy) is 1. The molecule has 0 aliphatic heterocycles. The summed E-state index contributed by atoms with van der Waals surface area (Å²) in [4.78, 5) is 39.3. The smallest absolute Gasteiger partial charge is 0.274 e. The molecule has 1 heterocycles. The van der Waals surface area contributed by atoms with Crippen molar-refractivity contribution in [3.05, 3.63) is 53.9 Å². The number of nitrogens with one attached hydrogen (secondary N) is 3. The highest BCUT2D eigenvalue weighted by Crippen LogP contribution is 2.14. The number of benzene rings is 1. The number of pyridine rings is 1. The van der Waals surface area contributed by atoms with E-state index in [-0.39, 0.29) is 17.5 Å². The van der Waals surface area contributed by atoms with Crippen molar-refractivity contribution in [2.24, 2.45) is 0 Å². The van der Waals surface area contributed by atoms with E-state index in [1.165, 1.54) is 25.3 Å². The van der Waals surface area contributed by atoms with Crippen LogP contribution in [0.3, 0.4) is 0 Å². The van der Waals surface area contributed by atoms with Gasteiger partial charge in [0, 0.05) is 43.7 Å². The van der Waals surface area contributed by atoms with Crippen molar-refractivity contribution in [3.63, 3.8) is 0 Å². The Hall–Kier alpha value is -3.26. The number of hydrogen-bond donors (Lipinski definition) is 3. The third-order valence-corrected chi connectivity index (χ3v) is 3.31. The van der Waals surface area contributed by atoms with Gasteiger partial charge in [0.2, 0.25) is 5.91 Å². The first-order valence-corrected chi connectivity index (χ1v) is 7.92. The Morgan fingerprint density at radius 1 is 1.00 bits per heavy atom. The van der Waals surface area contributed by atoms with E-state index >= 15 is 0 Å². The monoisotopic (exact) mass is 356 g/mol. The van der Waals surface area contributed by atoms with Crippen molar-refractivity contribution < 1.29 is 19.1 Å². The Balaban J connectivity index is 2.02. The second-order valence-corrected chi connectivity index (χ2v) is 5.39. The molecule has 3 amide bonds. The van der Waals surface area contributed by atoms with Gasteiger partial charge in [-0.2, -0.15) is 0 Å². The zero-order valence-corrected chi connectivity index (χ0v) is 14.5. The third-order valence-electron chi connectivity index (χ3n) is 3.31. The van der Waals surface area contributed by atoms with Gasteiger partial charge in [-0.25, -0.2) is 0 Å². The molecule has 0 aliphatic carbocycles. The number of amides is 3. The van der Waals surface area contributed by atoms with Crippen LogP contribution in [-0.2, 0) is 9.53 Å². The molecular formula is C18H20N4O4. The van der Waals surface area contributed by atoms with Crippen molar-refractivity contribution in [3.8, 4) is 0 Å². The minimum Gasteiger partial charge on any atom is -0.383 e. The number of hydrogen-bond acceptors (Lipinski definition) is 5. The number of anilines is 2. The van der Waals surface area contributed by atoms with Crippen molar-refractivity contribution in [1.82, 2.24) is 10.3 Å². The standard InChI is InChI=1S/C18H20N4O4/c1-12(23)21-14-3-5-15(6-4-14)22-18(25)16-11-13(7-8-19-16)17(24)20-9-10-26-2/h3-8,11H,9-10H2,1-2H3,(H,20,24)(H,21,23)(H,22,25). The second-order valence-electron chi connectivity index (χ2n) is 5.39. The van der Waals surface area contributed by atoms with Crippen LogP contribution in [0.25, 0.3) is 0 Å². The molecule has 0 fully saturated rings. The predicted octanol–water partition coefficient (Wildman–Crippen LogP) is 1.67. The van der Waals surface area contributed by atoms with E-state index in [1.807, 2.05) is 0 Å². The number of rotatable bonds is 7. The minimum atomic E-state index is -0.441. The normalized spacial score (nSPS) is 10.1. The van der Waals surface area contributed by atoms with Crippen molar-refractivity contribution in [1.29, 1.82) is 0 Å². The summed E-state index contributed by atoms with van der Waals surface area (Å²) >= 11 is 0. The Morgan fingerprint density at radius 3 is 2.27 bits per heavy atom. The largest absolute Gasteiger partial charge is 0.383 e. The van der Waals surface area contributed by atoms with Crippen LogP contribution in [0.15, 0.2) is 42.6 Å². The zero-order chi connectivity index (χ0) is 18.9. The van der Waals surface area contributed by atoms with Gasteiger partial charge in [-0.1, -0.05) is 0 Å². The Labute approximate surface area is 151 Å². The van der Waals surface area contributed by atoms with Gasteiger partial charge < -0.3 is 20.7 Å². The third kappa shape index (κ3) is 5.67. The van der Waals surface area contributed by atoms with Crippen LogP contribution < -0.4 is 16.0 Å². The van der Waals surface area contributed by atoms with Crippen molar-refractivity contribution >= 4 is 29.1 Å². The molecule has 2 rings (SSSR count). The lowest BCUT2D eigenvalue weighted by atomic mass is 10.2. The summed E-state index contributed by atoms with van der Waals surface area (Å²) in [5.74, 6) is -0.923. The van der Waals surface area contributed by atoms with E-state index in [9.17, 15) is 14.4 Å². The quantitative estimate of drug-likeness (QED) is 0.654. The Morgan fingerprint density at radius 2 is 1.65 bits per heavy atom. The van der Waals surface area contributed by atoms with Gasteiger partial charge in [0.1, 0.15) is 5.69 Å². The number of nitrogens with zero attached hydrogens (tertiary/aromatic N) is 1. The molecule has 0 unspecified atom stereocenters. The van der Waals surface area contributed by atoms with Crippen molar-refractivity contribution in [2.75, 3.05) is 30.9 Å². The van der Waals surface area contributed by atoms with Crippen LogP contribution in [0.4, 0.5) is 11.4 Å². The van der Waals surface area contributed by atoms with Gasteiger partial charge in [0.05, 0.1) is 6.61 Å². The van der Waals surface area contributed by atoms with Crippen LogP contribution in [0.1, 0.15) is 27.8 Å². The Bertz CT molecular complexity index is 790. The molecule has 0 radical (unpaired) electrons. The fraction of sp³-hybridized carbons (Fsp3) is 0.222. The summed E-state index contributed by atoms with van der Waals surface area (Å²) in [6.45, 7) is 2.19. The number of aromatic nitrogens is 1. The van der Waals surface area contributed by atoms with Gasteiger partial charge in [0.15, 0.2) is 0 Å². The summed E-state index contributed by atoms with van der Waals surface area (Å²) < 4.78 is 4.87. The summed E-state index contributed by atoms with van der Waals surface area (Å²) in [7, 11) is 1.55. The lowest BCUT2D eigenvalue weighted by molar-refractivity contribution is -0.114. The van der Waals surface area contributed by atoms with Gasteiger partial charge >= 0.3 is 0 Å². The average Bonchev–Trinajstić information content (AvgIpc) is 2.63. The molecule has 3 N–H and O–H groups in total. The maximum atomic E-state index is 12.3. The zero-order valence-electron chi connectivity index (χ0n) is 14.5. The van der Waals surface area contributed by atoms with E-state index in [0.717, 1.165) is 0 Å². The number of carbonyl (C=O) groups excluding carboxylic acids is 3. The minimum absolute atomic E-state index is 0.121. The maximum absolute atomic E-state index is 12.3. The molecule has 0 aliphatic rings. The van der Waals surface area contributed by atoms with Gasteiger partial charge in [-0.05, 0) is 36.4 Å². The summed E-state index contributed by atoms with van der Waals surface area (Å²) in [6, 6.07) is 9.60. The lowest BCUT2D eigenvalue weighted by Crippen LogP contribution is -2.27. The van der Waals surface area contributed by atoms with Gasteiger partial charge in [0.25, 0.3) is 11.8 Å². The maximum Gasteiger partial charge on any atom is 0.274 e. The van der Waals surface area contributed by atoms with E-state index in [4.69, 9.17) is 4.74 Å². The molecule has 0 saturated carbocycles. The first kappa shape index (κ1) is 19.1. The molecule has 0 bridgehead atoms.